The number of benzene rings is 1. The topological polar surface area (TPSA) is 37.4 Å². The highest BCUT2D eigenvalue weighted by Gasteiger charge is 2.32. The van der Waals surface area contributed by atoms with Crippen LogP contribution in [0.5, 0.6) is 0 Å². The molecule has 0 saturated carbocycles. The Labute approximate surface area is 195 Å². The van der Waals surface area contributed by atoms with Gasteiger partial charge < -0.3 is 10.2 Å². The fourth-order valence-corrected chi connectivity index (χ4v) is 4.71. The molecule has 29 heavy (non-hydrogen) atoms. The van der Waals surface area contributed by atoms with Gasteiger partial charge in [0.1, 0.15) is 5.82 Å². The van der Waals surface area contributed by atoms with Gasteiger partial charge in [-0.25, -0.2) is 4.39 Å². The maximum absolute atomic E-state index is 14.0. The Hall–Kier alpha value is -0.680. The molecule has 4 aliphatic rings. The van der Waals surface area contributed by atoms with Gasteiger partial charge in [-0.15, -0.1) is 24.0 Å². The molecule has 1 N–H and O–H groups in total. The second-order valence-corrected chi connectivity index (χ2v) is 8.29. The van der Waals surface area contributed by atoms with Crippen molar-refractivity contribution in [3.05, 3.63) is 34.6 Å². The van der Waals surface area contributed by atoms with Crippen molar-refractivity contribution in [1.29, 1.82) is 0 Å². The quantitative estimate of drug-likeness (QED) is 0.361. The number of nitrogens with zero attached hydrogens (tertiary/aromatic N) is 5. The minimum atomic E-state index is -0.222. The lowest BCUT2D eigenvalue weighted by Crippen LogP contribution is -2.64. The van der Waals surface area contributed by atoms with Crippen LogP contribution in [-0.2, 0) is 6.54 Å². The van der Waals surface area contributed by atoms with Crippen molar-refractivity contribution in [2.24, 2.45) is 4.99 Å². The molecule has 1 unspecified atom stereocenters. The van der Waals surface area contributed by atoms with E-state index in [4.69, 9.17) is 11.6 Å². The van der Waals surface area contributed by atoms with Crippen LogP contribution >= 0.6 is 35.6 Å². The molecule has 1 aromatic carbocycles. The average Bonchev–Trinajstić information content (AvgIpc) is 2.73. The lowest BCUT2D eigenvalue weighted by Gasteiger charge is -2.47. The van der Waals surface area contributed by atoms with Gasteiger partial charge in [0.2, 0.25) is 0 Å². The Balaban J connectivity index is 0.00000240. The molecule has 4 heterocycles. The highest BCUT2D eigenvalue weighted by atomic mass is 127. The molecule has 4 fully saturated rings. The first-order chi connectivity index (χ1) is 13.6. The molecule has 1 aromatic rings. The van der Waals surface area contributed by atoms with Crippen LogP contribution < -0.4 is 5.32 Å². The lowest BCUT2D eigenvalue weighted by atomic mass is 10.1. The molecule has 162 valence electrons. The van der Waals surface area contributed by atoms with Gasteiger partial charge in [-0.05, 0) is 12.1 Å². The lowest BCUT2D eigenvalue weighted by molar-refractivity contribution is 0.0151. The Morgan fingerprint density at radius 3 is 2.45 bits per heavy atom. The van der Waals surface area contributed by atoms with Crippen molar-refractivity contribution >= 4 is 41.5 Å². The summed E-state index contributed by atoms with van der Waals surface area (Å²) in [5.74, 6) is 0.751. The molecular weight excluding hydrogens is 506 g/mol. The van der Waals surface area contributed by atoms with Gasteiger partial charge in [0, 0.05) is 95.7 Å². The molecule has 1 atom stereocenters. The second-order valence-electron chi connectivity index (χ2n) is 7.88. The number of aliphatic imine (C=N–C) groups is 1. The van der Waals surface area contributed by atoms with Crippen LogP contribution in [0, 0.1) is 5.82 Å². The van der Waals surface area contributed by atoms with Crippen LogP contribution in [0.15, 0.2) is 23.2 Å². The normalized spacial score (nSPS) is 27.6. The summed E-state index contributed by atoms with van der Waals surface area (Å²) in [7, 11) is 1.85. The van der Waals surface area contributed by atoms with E-state index in [1.807, 2.05) is 7.05 Å². The predicted molar refractivity (Wildman–Crippen MR) is 127 cm³/mol. The highest BCUT2D eigenvalue weighted by molar-refractivity contribution is 14.0. The zero-order valence-electron chi connectivity index (χ0n) is 17.0. The molecule has 2 bridgehead atoms. The molecule has 4 saturated heterocycles. The Bertz CT molecular complexity index is 684. The van der Waals surface area contributed by atoms with E-state index in [0.29, 0.717) is 23.2 Å². The summed E-state index contributed by atoms with van der Waals surface area (Å²) < 4.78 is 14.0. The molecule has 0 spiro atoms. The van der Waals surface area contributed by atoms with Crippen molar-refractivity contribution < 1.29 is 4.39 Å². The highest BCUT2D eigenvalue weighted by Crippen LogP contribution is 2.21. The largest absolute Gasteiger partial charge is 0.355 e. The zero-order valence-corrected chi connectivity index (χ0v) is 20.1. The van der Waals surface area contributed by atoms with E-state index in [1.54, 1.807) is 12.1 Å². The summed E-state index contributed by atoms with van der Waals surface area (Å²) in [5.41, 5.74) is 0.594. The van der Waals surface area contributed by atoms with E-state index in [9.17, 15) is 4.39 Å². The van der Waals surface area contributed by atoms with Crippen molar-refractivity contribution in [2.75, 3.05) is 72.5 Å². The molecule has 9 heteroatoms. The first kappa shape index (κ1) is 23.0. The van der Waals surface area contributed by atoms with E-state index in [-0.39, 0.29) is 29.8 Å². The van der Waals surface area contributed by atoms with Crippen molar-refractivity contribution in [3.63, 3.8) is 0 Å². The van der Waals surface area contributed by atoms with Gasteiger partial charge in [-0.2, -0.15) is 0 Å². The van der Waals surface area contributed by atoms with Gasteiger partial charge in [0.05, 0.1) is 0 Å². The number of rotatable bonds is 4. The SMILES string of the molecule is CN=C(NCC1CN2CCN1CC2)N1CCN(Cc2c(F)cccc2Cl)CC1.I. The van der Waals surface area contributed by atoms with E-state index in [0.717, 1.165) is 45.2 Å². The summed E-state index contributed by atoms with van der Waals surface area (Å²) in [4.78, 5) is 14.2. The molecule has 5 rings (SSSR count). The van der Waals surface area contributed by atoms with E-state index in [1.165, 1.54) is 32.2 Å². The first-order valence-electron chi connectivity index (χ1n) is 10.2. The Morgan fingerprint density at radius 1 is 1.14 bits per heavy atom. The number of hydrogen-bond donors (Lipinski definition) is 1. The maximum Gasteiger partial charge on any atom is 0.193 e. The molecule has 4 aliphatic heterocycles. The summed E-state index contributed by atoms with van der Waals surface area (Å²) in [6.07, 6.45) is 0. The summed E-state index contributed by atoms with van der Waals surface area (Å²) in [5, 5.41) is 4.09. The molecule has 0 aromatic heterocycles. The number of guanidine groups is 1. The third kappa shape index (κ3) is 5.52. The molecule has 6 nitrogen and oxygen atoms in total. The monoisotopic (exact) mass is 536 g/mol. The fraction of sp³-hybridized carbons (Fsp3) is 0.650. The van der Waals surface area contributed by atoms with Crippen LogP contribution in [0.2, 0.25) is 5.02 Å². The molecule has 0 aliphatic carbocycles. The minimum absolute atomic E-state index is 0. The van der Waals surface area contributed by atoms with E-state index < -0.39 is 0 Å². The smallest absolute Gasteiger partial charge is 0.193 e. The number of fused-ring (bicyclic) bond motifs is 3. The van der Waals surface area contributed by atoms with Gasteiger partial charge in [0.15, 0.2) is 5.96 Å². The third-order valence-corrected chi connectivity index (χ3v) is 6.57. The zero-order chi connectivity index (χ0) is 19.5. The van der Waals surface area contributed by atoms with Crippen molar-refractivity contribution in [2.45, 2.75) is 12.6 Å². The molecule has 0 amide bonds. The standard InChI is InChI=1S/C20H30ClFN6.HI/c1-23-20(24-13-16-14-25-5-9-27(16)10-6-25)28-11-7-26(8-12-28)15-17-18(21)3-2-4-19(17)22;/h2-4,16H,5-15H2,1H3,(H,23,24);1H. The van der Waals surface area contributed by atoms with Gasteiger partial charge in [0.25, 0.3) is 0 Å². The van der Waals surface area contributed by atoms with E-state index in [2.05, 4.69) is 29.9 Å². The average molecular weight is 537 g/mol. The van der Waals surface area contributed by atoms with Crippen LogP contribution in [-0.4, -0.2) is 104 Å². The molecule has 0 radical (unpaired) electrons. The fourth-order valence-electron chi connectivity index (χ4n) is 4.48. The molecular formula is C20H31ClFIN6. The minimum Gasteiger partial charge on any atom is -0.355 e. The number of halogens is 3. The summed E-state index contributed by atoms with van der Waals surface area (Å²) in [6.45, 7) is 10.9. The van der Waals surface area contributed by atoms with Crippen LogP contribution in [0.25, 0.3) is 0 Å². The number of hydrogen-bond acceptors (Lipinski definition) is 4. The van der Waals surface area contributed by atoms with Gasteiger partial charge in [-0.3, -0.25) is 19.7 Å². The predicted octanol–water partition coefficient (Wildman–Crippen LogP) is 1.79. The van der Waals surface area contributed by atoms with Crippen LogP contribution in [0.1, 0.15) is 5.56 Å². The van der Waals surface area contributed by atoms with E-state index >= 15 is 0 Å². The third-order valence-electron chi connectivity index (χ3n) is 6.22. The van der Waals surface area contributed by atoms with Gasteiger partial charge >= 0.3 is 0 Å². The summed E-state index contributed by atoms with van der Waals surface area (Å²) in [6, 6.07) is 5.46. The number of piperazine rings is 4. The Morgan fingerprint density at radius 2 is 1.86 bits per heavy atom. The number of nitrogens with one attached hydrogen (secondary N) is 1. The second kappa shape index (κ2) is 10.6. The first-order valence-corrected chi connectivity index (χ1v) is 10.6. The summed E-state index contributed by atoms with van der Waals surface area (Å²) >= 11 is 6.18. The van der Waals surface area contributed by atoms with Crippen molar-refractivity contribution in [3.8, 4) is 0 Å². The van der Waals surface area contributed by atoms with Gasteiger partial charge in [-0.1, -0.05) is 17.7 Å². The van der Waals surface area contributed by atoms with Crippen LogP contribution in [0.4, 0.5) is 4.39 Å². The Kier molecular flexibility index (Phi) is 8.38. The van der Waals surface area contributed by atoms with Crippen molar-refractivity contribution in [1.82, 2.24) is 24.9 Å². The van der Waals surface area contributed by atoms with Crippen LogP contribution in [0.3, 0.4) is 0 Å². The maximum atomic E-state index is 14.0.